The van der Waals surface area contributed by atoms with Crippen molar-refractivity contribution in [2.24, 2.45) is 0 Å². The van der Waals surface area contributed by atoms with E-state index in [-0.39, 0.29) is 5.78 Å². The molecule has 2 aromatic rings. The molecule has 0 saturated heterocycles. The van der Waals surface area contributed by atoms with Crippen LogP contribution in [0, 0.1) is 6.92 Å². The molecule has 0 atom stereocenters. The van der Waals surface area contributed by atoms with Crippen molar-refractivity contribution < 1.29 is 9.53 Å². The predicted octanol–water partition coefficient (Wildman–Crippen LogP) is 3.75. The highest BCUT2D eigenvalue weighted by Crippen LogP contribution is 2.26. The van der Waals surface area contributed by atoms with Crippen LogP contribution in [0.2, 0.25) is 0 Å². The average Bonchev–Trinajstić information content (AvgIpc) is 2.92. The highest BCUT2D eigenvalue weighted by atomic mass is 16.5. The number of fused-ring (bicyclic) bond motifs is 1. The second-order valence-corrected chi connectivity index (χ2v) is 5.28. The number of aryl methyl sites for hydroxylation is 2. The molecule has 1 aliphatic heterocycles. The standard InChI is InChI=1S/C18H18O2/c1-13-4-2-3-5-16(13)17(19)8-6-14-7-9-18-15(12-14)10-11-20-18/h2-5,7,9,12H,6,8,10-11H2,1H3. The van der Waals surface area contributed by atoms with Crippen molar-refractivity contribution in [2.45, 2.75) is 26.2 Å². The van der Waals surface area contributed by atoms with Crippen molar-refractivity contribution in [2.75, 3.05) is 6.61 Å². The van der Waals surface area contributed by atoms with Gasteiger partial charge in [-0.25, -0.2) is 0 Å². The lowest BCUT2D eigenvalue weighted by atomic mass is 9.98. The number of rotatable bonds is 4. The lowest BCUT2D eigenvalue weighted by molar-refractivity contribution is 0.0982. The van der Waals surface area contributed by atoms with E-state index in [0.29, 0.717) is 6.42 Å². The first kappa shape index (κ1) is 12.9. The summed E-state index contributed by atoms with van der Waals surface area (Å²) in [6.45, 7) is 2.76. The number of Topliss-reactive ketones (excluding diaryl/α,β-unsaturated/α-hetero) is 1. The van der Waals surface area contributed by atoms with Gasteiger partial charge in [0.2, 0.25) is 0 Å². The molecule has 2 nitrogen and oxygen atoms in total. The molecule has 0 amide bonds. The highest BCUT2D eigenvalue weighted by molar-refractivity contribution is 5.97. The molecule has 0 unspecified atom stereocenters. The molecular weight excluding hydrogens is 248 g/mol. The first-order valence-corrected chi connectivity index (χ1v) is 7.07. The van der Waals surface area contributed by atoms with Crippen LogP contribution in [0.5, 0.6) is 5.75 Å². The van der Waals surface area contributed by atoms with Crippen LogP contribution < -0.4 is 4.74 Å². The van der Waals surface area contributed by atoms with Gasteiger partial charge in [0.05, 0.1) is 6.61 Å². The zero-order valence-electron chi connectivity index (χ0n) is 11.7. The summed E-state index contributed by atoms with van der Waals surface area (Å²) in [5.74, 6) is 1.22. The largest absolute Gasteiger partial charge is 0.493 e. The summed E-state index contributed by atoms with van der Waals surface area (Å²) in [6.07, 6.45) is 2.33. The number of benzene rings is 2. The molecule has 0 N–H and O–H groups in total. The van der Waals surface area contributed by atoms with E-state index in [2.05, 4.69) is 12.1 Å². The summed E-state index contributed by atoms with van der Waals surface area (Å²) < 4.78 is 5.50. The minimum Gasteiger partial charge on any atom is -0.493 e. The Kier molecular flexibility index (Phi) is 3.55. The van der Waals surface area contributed by atoms with Crippen molar-refractivity contribution in [1.29, 1.82) is 0 Å². The molecule has 0 bridgehead atoms. The maximum absolute atomic E-state index is 12.2. The van der Waals surface area contributed by atoms with Gasteiger partial charge >= 0.3 is 0 Å². The summed E-state index contributed by atoms with van der Waals surface area (Å²) in [6, 6.07) is 14.0. The molecule has 0 aliphatic carbocycles. The van der Waals surface area contributed by atoms with Gasteiger partial charge in [-0.1, -0.05) is 36.4 Å². The quantitative estimate of drug-likeness (QED) is 0.788. The first-order chi connectivity index (χ1) is 9.74. The monoisotopic (exact) mass is 266 g/mol. The van der Waals surface area contributed by atoms with Crippen LogP contribution >= 0.6 is 0 Å². The van der Waals surface area contributed by atoms with Crippen molar-refractivity contribution in [3.8, 4) is 5.75 Å². The van der Waals surface area contributed by atoms with Gasteiger partial charge in [0, 0.05) is 18.4 Å². The average molecular weight is 266 g/mol. The van der Waals surface area contributed by atoms with E-state index in [9.17, 15) is 4.79 Å². The maximum Gasteiger partial charge on any atom is 0.163 e. The normalized spacial score (nSPS) is 12.8. The Labute approximate surface area is 119 Å². The molecule has 20 heavy (non-hydrogen) atoms. The number of carbonyl (C=O) groups is 1. The van der Waals surface area contributed by atoms with Crippen LogP contribution in [0.3, 0.4) is 0 Å². The van der Waals surface area contributed by atoms with E-state index >= 15 is 0 Å². The van der Waals surface area contributed by atoms with Crippen LogP contribution in [0.15, 0.2) is 42.5 Å². The summed E-state index contributed by atoms with van der Waals surface area (Å²) in [7, 11) is 0. The topological polar surface area (TPSA) is 26.3 Å². The van der Waals surface area contributed by atoms with Crippen molar-refractivity contribution in [1.82, 2.24) is 0 Å². The van der Waals surface area contributed by atoms with Gasteiger partial charge in [-0.2, -0.15) is 0 Å². The Morgan fingerprint density at radius 2 is 2.05 bits per heavy atom. The predicted molar refractivity (Wildman–Crippen MR) is 79.5 cm³/mol. The fourth-order valence-corrected chi connectivity index (χ4v) is 2.67. The molecule has 2 aromatic carbocycles. The summed E-state index contributed by atoms with van der Waals surface area (Å²) in [5, 5.41) is 0. The van der Waals surface area contributed by atoms with E-state index in [1.807, 2.05) is 37.3 Å². The fraction of sp³-hybridized carbons (Fsp3) is 0.278. The van der Waals surface area contributed by atoms with Gasteiger partial charge in [0.15, 0.2) is 5.78 Å². The van der Waals surface area contributed by atoms with E-state index in [1.165, 1.54) is 11.1 Å². The molecule has 0 saturated carbocycles. The van der Waals surface area contributed by atoms with Crippen molar-refractivity contribution >= 4 is 5.78 Å². The highest BCUT2D eigenvalue weighted by Gasteiger charge is 2.13. The van der Waals surface area contributed by atoms with E-state index in [1.54, 1.807) is 0 Å². The maximum atomic E-state index is 12.2. The third-order valence-electron chi connectivity index (χ3n) is 3.84. The van der Waals surface area contributed by atoms with Crippen LogP contribution in [-0.4, -0.2) is 12.4 Å². The van der Waals surface area contributed by atoms with Gasteiger partial charge in [0.25, 0.3) is 0 Å². The number of hydrogen-bond donors (Lipinski definition) is 0. The smallest absolute Gasteiger partial charge is 0.163 e. The molecule has 0 spiro atoms. The van der Waals surface area contributed by atoms with Gasteiger partial charge in [0.1, 0.15) is 5.75 Å². The number of ether oxygens (including phenoxy) is 1. The first-order valence-electron chi connectivity index (χ1n) is 7.07. The lowest BCUT2D eigenvalue weighted by Crippen LogP contribution is -2.03. The van der Waals surface area contributed by atoms with E-state index < -0.39 is 0 Å². The molecular formula is C18H18O2. The van der Waals surface area contributed by atoms with E-state index in [0.717, 1.165) is 36.3 Å². The molecule has 0 fully saturated rings. The molecule has 1 aliphatic rings. The number of ketones is 1. The Morgan fingerprint density at radius 1 is 1.20 bits per heavy atom. The Hall–Kier alpha value is -2.09. The van der Waals surface area contributed by atoms with Gasteiger partial charge < -0.3 is 4.74 Å². The SMILES string of the molecule is Cc1ccccc1C(=O)CCc1ccc2c(c1)CCO2. The summed E-state index contributed by atoms with van der Waals surface area (Å²) in [5.41, 5.74) is 4.39. The Balaban J connectivity index is 1.68. The van der Waals surface area contributed by atoms with Crippen LogP contribution in [-0.2, 0) is 12.8 Å². The third kappa shape index (κ3) is 2.60. The minimum atomic E-state index is 0.222. The fourth-order valence-electron chi connectivity index (χ4n) is 2.67. The van der Waals surface area contributed by atoms with Gasteiger partial charge in [-0.05, 0) is 36.1 Å². The Bertz CT molecular complexity index is 644. The molecule has 0 aromatic heterocycles. The molecule has 0 radical (unpaired) electrons. The molecule has 1 heterocycles. The van der Waals surface area contributed by atoms with Crippen LogP contribution in [0.25, 0.3) is 0 Å². The zero-order chi connectivity index (χ0) is 13.9. The van der Waals surface area contributed by atoms with Gasteiger partial charge in [-0.3, -0.25) is 4.79 Å². The second kappa shape index (κ2) is 5.49. The van der Waals surface area contributed by atoms with Crippen molar-refractivity contribution in [3.63, 3.8) is 0 Å². The second-order valence-electron chi connectivity index (χ2n) is 5.28. The minimum absolute atomic E-state index is 0.222. The van der Waals surface area contributed by atoms with Crippen molar-refractivity contribution in [3.05, 3.63) is 64.7 Å². The number of hydrogen-bond acceptors (Lipinski definition) is 2. The molecule has 2 heteroatoms. The molecule has 102 valence electrons. The summed E-state index contributed by atoms with van der Waals surface area (Å²) in [4.78, 5) is 12.2. The lowest BCUT2D eigenvalue weighted by Gasteiger charge is -2.06. The summed E-state index contributed by atoms with van der Waals surface area (Å²) >= 11 is 0. The van der Waals surface area contributed by atoms with Gasteiger partial charge in [-0.15, -0.1) is 0 Å². The number of carbonyl (C=O) groups excluding carboxylic acids is 1. The van der Waals surface area contributed by atoms with Crippen LogP contribution in [0.4, 0.5) is 0 Å². The third-order valence-corrected chi connectivity index (χ3v) is 3.84. The zero-order valence-corrected chi connectivity index (χ0v) is 11.7. The molecule has 3 rings (SSSR count). The van der Waals surface area contributed by atoms with Crippen LogP contribution in [0.1, 0.15) is 33.5 Å². The Morgan fingerprint density at radius 3 is 2.90 bits per heavy atom. The van der Waals surface area contributed by atoms with E-state index in [4.69, 9.17) is 4.74 Å².